The third-order valence-corrected chi connectivity index (χ3v) is 6.03. The zero-order valence-electron chi connectivity index (χ0n) is 17.0. The van der Waals surface area contributed by atoms with Crippen LogP contribution in [-0.2, 0) is 17.6 Å². The van der Waals surface area contributed by atoms with Gasteiger partial charge >= 0.3 is 0 Å². The van der Waals surface area contributed by atoms with Crippen molar-refractivity contribution in [1.82, 2.24) is 19.7 Å². The summed E-state index contributed by atoms with van der Waals surface area (Å²) in [6.45, 7) is 2.00. The van der Waals surface area contributed by atoms with Crippen LogP contribution < -0.4 is 10.9 Å². The van der Waals surface area contributed by atoms with Gasteiger partial charge in [0.1, 0.15) is 5.82 Å². The van der Waals surface area contributed by atoms with Crippen molar-refractivity contribution in [2.45, 2.75) is 57.3 Å². The van der Waals surface area contributed by atoms with Gasteiger partial charge in [-0.05, 0) is 44.1 Å². The SMILES string of the molecule is CC[C@@H](C(=O)Nc1cc(C2CC2)nn1-c1nc2c(c(=O)[nH]1)CCC2)c1ccccc1. The topological polar surface area (TPSA) is 92.7 Å². The first-order valence-electron chi connectivity index (χ1n) is 10.7. The van der Waals surface area contributed by atoms with Crippen molar-refractivity contribution < 1.29 is 4.79 Å². The summed E-state index contributed by atoms with van der Waals surface area (Å²) < 4.78 is 1.59. The second kappa shape index (κ2) is 7.55. The Balaban J connectivity index is 1.50. The number of hydrogen-bond donors (Lipinski definition) is 2. The molecule has 1 saturated carbocycles. The van der Waals surface area contributed by atoms with Crippen LogP contribution in [0, 0.1) is 0 Å². The lowest BCUT2D eigenvalue weighted by Crippen LogP contribution is -2.24. The van der Waals surface area contributed by atoms with Crippen molar-refractivity contribution in [3.05, 3.63) is 69.3 Å². The van der Waals surface area contributed by atoms with Gasteiger partial charge in [0.2, 0.25) is 11.9 Å². The van der Waals surface area contributed by atoms with Gasteiger partial charge in [-0.2, -0.15) is 9.78 Å². The van der Waals surface area contributed by atoms with Crippen LogP contribution in [0.4, 0.5) is 5.82 Å². The molecule has 0 radical (unpaired) electrons. The van der Waals surface area contributed by atoms with Crippen LogP contribution in [0.15, 0.2) is 41.2 Å². The van der Waals surface area contributed by atoms with Crippen LogP contribution in [0.1, 0.15) is 67.0 Å². The predicted octanol–water partition coefficient (Wildman–Crippen LogP) is 3.45. The van der Waals surface area contributed by atoms with Crippen LogP contribution >= 0.6 is 0 Å². The van der Waals surface area contributed by atoms with E-state index in [1.165, 1.54) is 0 Å². The van der Waals surface area contributed by atoms with Gasteiger partial charge in [0.05, 0.1) is 17.3 Å². The van der Waals surface area contributed by atoms with Gasteiger partial charge in [-0.25, -0.2) is 4.98 Å². The Kier molecular flexibility index (Phi) is 4.73. The van der Waals surface area contributed by atoms with Gasteiger partial charge in [0.15, 0.2) is 0 Å². The zero-order chi connectivity index (χ0) is 20.7. The smallest absolute Gasteiger partial charge is 0.255 e. The van der Waals surface area contributed by atoms with Crippen molar-refractivity contribution in [3.8, 4) is 5.95 Å². The number of fused-ring (bicyclic) bond motifs is 1. The monoisotopic (exact) mass is 403 g/mol. The van der Waals surface area contributed by atoms with Gasteiger partial charge in [0.25, 0.3) is 5.56 Å². The lowest BCUT2D eigenvalue weighted by Gasteiger charge is -2.16. The summed E-state index contributed by atoms with van der Waals surface area (Å²) in [6, 6.07) is 11.7. The first-order chi connectivity index (χ1) is 14.6. The molecule has 5 rings (SSSR count). The van der Waals surface area contributed by atoms with E-state index in [9.17, 15) is 9.59 Å². The van der Waals surface area contributed by atoms with E-state index < -0.39 is 0 Å². The standard InChI is InChI=1S/C23H25N5O2/c1-2-16(14-7-4-3-5-8-14)21(29)25-20-13-19(15-11-12-15)27-28(20)23-24-18-10-6-9-17(18)22(30)26-23/h3-5,7-8,13,15-16H,2,6,9-12H2,1H3,(H,25,29)(H,24,26,30)/t16-/m1/s1. The number of aromatic amines is 1. The number of rotatable bonds is 6. The summed E-state index contributed by atoms with van der Waals surface area (Å²) in [5.41, 5.74) is 3.42. The number of carbonyl (C=O) groups is 1. The quantitative estimate of drug-likeness (QED) is 0.659. The summed E-state index contributed by atoms with van der Waals surface area (Å²) in [6.07, 6.45) is 5.40. The van der Waals surface area contributed by atoms with Gasteiger partial charge in [0, 0.05) is 17.5 Å². The fourth-order valence-corrected chi connectivity index (χ4v) is 4.23. The maximum Gasteiger partial charge on any atom is 0.255 e. The average Bonchev–Trinajstić information content (AvgIpc) is 3.33. The summed E-state index contributed by atoms with van der Waals surface area (Å²) in [5, 5.41) is 7.74. The maximum absolute atomic E-state index is 13.1. The normalized spacial score (nSPS) is 16.3. The van der Waals surface area contributed by atoms with Crippen molar-refractivity contribution in [1.29, 1.82) is 0 Å². The first kappa shape index (κ1) is 18.8. The second-order valence-electron chi connectivity index (χ2n) is 8.17. The van der Waals surface area contributed by atoms with Crippen LogP contribution in [0.3, 0.4) is 0 Å². The molecule has 1 atom stereocenters. The number of benzene rings is 1. The van der Waals surface area contributed by atoms with E-state index in [1.807, 2.05) is 43.3 Å². The predicted molar refractivity (Wildman–Crippen MR) is 114 cm³/mol. The fourth-order valence-electron chi connectivity index (χ4n) is 4.23. The van der Waals surface area contributed by atoms with Gasteiger partial charge in [-0.3, -0.25) is 14.6 Å². The average molecular weight is 403 g/mol. The molecule has 154 valence electrons. The number of hydrogen-bond acceptors (Lipinski definition) is 4. The number of aryl methyl sites for hydroxylation is 1. The van der Waals surface area contributed by atoms with E-state index in [-0.39, 0.29) is 17.4 Å². The molecule has 7 nitrogen and oxygen atoms in total. The molecule has 2 N–H and O–H groups in total. The fraction of sp³-hybridized carbons (Fsp3) is 0.391. The minimum atomic E-state index is -0.258. The number of carbonyl (C=O) groups excluding carboxylic acids is 1. The lowest BCUT2D eigenvalue weighted by atomic mass is 9.96. The molecule has 1 fully saturated rings. The van der Waals surface area contributed by atoms with Gasteiger partial charge in [-0.15, -0.1) is 0 Å². The first-order valence-corrected chi connectivity index (χ1v) is 10.7. The maximum atomic E-state index is 13.1. The van der Waals surface area contributed by atoms with Crippen molar-refractivity contribution in [2.24, 2.45) is 0 Å². The van der Waals surface area contributed by atoms with E-state index in [4.69, 9.17) is 0 Å². The molecular weight excluding hydrogens is 378 g/mol. The van der Waals surface area contributed by atoms with E-state index in [0.29, 0.717) is 24.1 Å². The highest BCUT2D eigenvalue weighted by Crippen LogP contribution is 2.40. The van der Waals surface area contributed by atoms with E-state index >= 15 is 0 Å². The number of anilines is 1. The molecule has 0 aliphatic heterocycles. The molecule has 2 aliphatic carbocycles. The minimum absolute atomic E-state index is 0.0873. The Labute approximate surface area is 174 Å². The number of H-pyrrole nitrogens is 1. The largest absolute Gasteiger partial charge is 0.310 e. The number of nitrogens with zero attached hydrogens (tertiary/aromatic N) is 3. The molecule has 2 aromatic heterocycles. The van der Waals surface area contributed by atoms with Crippen molar-refractivity contribution in [2.75, 3.05) is 5.32 Å². The number of amides is 1. The Bertz CT molecular complexity index is 1140. The van der Waals surface area contributed by atoms with E-state index in [0.717, 1.165) is 54.6 Å². The summed E-state index contributed by atoms with van der Waals surface area (Å²) in [7, 11) is 0. The highest BCUT2D eigenvalue weighted by atomic mass is 16.2. The Hall–Kier alpha value is -3.22. The highest BCUT2D eigenvalue weighted by Gasteiger charge is 2.29. The Morgan fingerprint density at radius 1 is 1.27 bits per heavy atom. The molecule has 1 aromatic carbocycles. The molecule has 0 saturated heterocycles. The van der Waals surface area contributed by atoms with E-state index in [2.05, 4.69) is 20.4 Å². The van der Waals surface area contributed by atoms with Crippen LogP contribution in [0.5, 0.6) is 0 Å². The molecular formula is C23H25N5O2. The number of nitrogens with one attached hydrogen (secondary N) is 2. The molecule has 2 heterocycles. The molecule has 30 heavy (non-hydrogen) atoms. The summed E-state index contributed by atoms with van der Waals surface area (Å²) in [5.74, 6) is 0.994. The summed E-state index contributed by atoms with van der Waals surface area (Å²) >= 11 is 0. The molecule has 0 spiro atoms. The van der Waals surface area contributed by atoms with Crippen LogP contribution in [0.25, 0.3) is 5.95 Å². The van der Waals surface area contributed by atoms with Crippen molar-refractivity contribution >= 4 is 11.7 Å². The highest BCUT2D eigenvalue weighted by molar-refractivity contribution is 5.95. The third kappa shape index (κ3) is 3.44. The third-order valence-electron chi connectivity index (χ3n) is 6.03. The number of aromatic nitrogens is 4. The van der Waals surface area contributed by atoms with Gasteiger partial charge in [-0.1, -0.05) is 37.3 Å². The van der Waals surface area contributed by atoms with Crippen molar-refractivity contribution in [3.63, 3.8) is 0 Å². The molecule has 0 unspecified atom stereocenters. The Morgan fingerprint density at radius 3 is 2.80 bits per heavy atom. The molecule has 1 amide bonds. The molecule has 2 aliphatic rings. The zero-order valence-corrected chi connectivity index (χ0v) is 17.0. The van der Waals surface area contributed by atoms with Crippen LogP contribution in [0.2, 0.25) is 0 Å². The van der Waals surface area contributed by atoms with Crippen LogP contribution in [-0.4, -0.2) is 25.7 Å². The molecule has 0 bridgehead atoms. The Morgan fingerprint density at radius 2 is 2.07 bits per heavy atom. The lowest BCUT2D eigenvalue weighted by molar-refractivity contribution is -0.117. The molecule has 7 heteroatoms. The second-order valence-corrected chi connectivity index (χ2v) is 8.17. The summed E-state index contributed by atoms with van der Waals surface area (Å²) in [4.78, 5) is 33.2. The van der Waals surface area contributed by atoms with E-state index in [1.54, 1.807) is 4.68 Å². The van der Waals surface area contributed by atoms with Gasteiger partial charge < -0.3 is 5.32 Å². The minimum Gasteiger partial charge on any atom is -0.310 e. The molecule has 3 aromatic rings.